The van der Waals surface area contributed by atoms with Gasteiger partial charge in [-0.15, -0.1) is 0 Å². The van der Waals surface area contributed by atoms with Gasteiger partial charge < -0.3 is 20.0 Å². The first kappa shape index (κ1) is 22.9. The number of hydrogen-bond donors (Lipinski definition) is 3. The third-order valence-electron chi connectivity index (χ3n) is 5.87. The topological polar surface area (TPSA) is 96.3 Å². The molecule has 1 aromatic heterocycles. The number of pyridine rings is 1. The molecule has 1 aromatic carbocycles. The normalized spacial score (nSPS) is 17.3. The molecular formula is C22H28BFN4O3. The highest BCUT2D eigenvalue weighted by molar-refractivity contribution is 6.62. The Labute approximate surface area is 182 Å². The lowest BCUT2D eigenvalue weighted by molar-refractivity contribution is 0.00578. The zero-order chi connectivity index (χ0) is 23.0. The summed E-state index contributed by atoms with van der Waals surface area (Å²) in [6.45, 7) is 11.5. The summed E-state index contributed by atoms with van der Waals surface area (Å²) in [5, 5.41) is 12.6. The summed E-state index contributed by atoms with van der Waals surface area (Å²) in [4.78, 5) is 16.5. The maximum Gasteiger partial charge on any atom is 0.494 e. The van der Waals surface area contributed by atoms with Gasteiger partial charge in [0.15, 0.2) is 0 Å². The first-order chi connectivity index (χ1) is 14.3. The largest absolute Gasteiger partial charge is 0.494 e. The Morgan fingerprint density at radius 2 is 1.77 bits per heavy atom. The van der Waals surface area contributed by atoms with E-state index in [0.29, 0.717) is 11.3 Å². The van der Waals surface area contributed by atoms with Gasteiger partial charge in [-0.1, -0.05) is 19.9 Å². The first-order valence-electron chi connectivity index (χ1n) is 10.1. The van der Waals surface area contributed by atoms with E-state index < -0.39 is 35.6 Å². The maximum absolute atomic E-state index is 14.7. The van der Waals surface area contributed by atoms with Crippen LogP contribution < -0.4 is 16.1 Å². The number of rotatable bonds is 5. The van der Waals surface area contributed by atoms with E-state index in [2.05, 4.69) is 15.6 Å². The Balaban J connectivity index is 1.69. The molecule has 2 amide bonds. The van der Waals surface area contributed by atoms with Gasteiger partial charge in [0.25, 0.3) is 0 Å². The van der Waals surface area contributed by atoms with Crippen LogP contribution in [-0.4, -0.2) is 35.6 Å². The van der Waals surface area contributed by atoms with Crippen molar-refractivity contribution in [3.8, 4) is 0 Å². The predicted octanol–water partition coefficient (Wildman–Crippen LogP) is 4.09. The Bertz CT molecular complexity index is 994. The van der Waals surface area contributed by atoms with E-state index in [1.165, 1.54) is 18.3 Å². The molecule has 0 radical (unpaired) electrons. The number of benzene rings is 1. The van der Waals surface area contributed by atoms with E-state index >= 15 is 0 Å². The molecule has 7 nitrogen and oxygen atoms in total. The highest BCUT2D eigenvalue weighted by atomic mass is 19.1. The van der Waals surface area contributed by atoms with Gasteiger partial charge in [0.05, 0.1) is 16.9 Å². The minimum Gasteiger partial charge on any atom is -0.399 e. The highest BCUT2D eigenvalue weighted by Crippen LogP contribution is 2.36. The van der Waals surface area contributed by atoms with Gasteiger partial charge in [0.1, 0.15) is 11.6 Å². The van der Waals surface area contributed by atoms with Crippen molar-refractivity contribution in [2.45, 2.75) is 58.2 Å². The molecule has 3 N–H and O–H groups in total. The van der Waals surface area contributed by atoms with Crippen LogP contribution >= 0.6 is 0 Å². The summed E-state index contributed by atoms with van der Waals surface area (Å²) in [5.41, 5.74) is -0.173. The number of halogens is 1. The molecule has 0 atom stereocenters. The molecule has 1 fully saturated rings. The number of anilines is 2. The van der Waals surface area contributed by atoms with E-state index in [-0.39, 0.29) is 5.69 Å². The van der Waals surface area contributed by atoms with E-state index in [1.807, 2.05) is 41.5 Å². The molecule has 0 bridgehead atoms. The van der Waals surface area contributed by atoms with Crippen LogP contribution in [0.1, 0.15) is 47.1 Å². The van der Waals surface area contributed by atoms with E-state index in [4.69, 9.17) is 14.7 Å². The Morgan fingerprint density at radius 1 is 1.13 bits per heavy atom. The smallest absolute Gasteiger partial charge is 0.399 e. The van der Waals surface area contributed by atoms with E-state index in [0.717, 1.165) is 5.56 Å². The SMILES string of the molecule is CC(C)(C=N)c1ccnc(NC(=O)Nc2ccc(B3OC(C)(C)C(C)(C)O3)cc2F)c1. The second-order valence-corrected chi connectivity index (χ2v) is 9.20. The quantitative estimate of drug-likeness (QED) is 0.496. The van der Waals surface area contributed by atoms with Crippen molar-refractivity contribution >= 4 is 36.3 Å². The number of nitrogens with one attached hydrogen (secondary N) is 3. The van der Waals surface area contributed by atoms with Crippen LogP contribution in [-0.2, 0) is 14.7 Å². The summed E-state index contributed by atoms with van der Waals surface area (Å²) in [6, 6.07) is 7.26. The second-order valence-electron chi connectivity index (χ2n) is 9.20. The van der Waals surface area contributed by atoms with Crippen molar-refractivity contribution < 1.29 is 18.5 Å². The summed E-state index contributed by atoms with van der Waals surface area (Å²) in [5.74, 6) is -0.298. The molecule has 9 heteroatoms. The average Bonchev–Trinajstić information content (AvgIpc) is 2.91. The molecule has 1 aliphatic heterocycles. The van der Waals surface area contributed by atoms with Crippen molar-refractivity contribution in [1.82, 2.24) is 4.98 Å². The molecule has 31 heavy (non-hydrogen) atoms. The predicted molar refractivity (Wildman–Crippen MR) is 121 cm³/mol. The number of aromatic nitrogens is 1. The molecule has 0 unspecified atom stereocenters. The van der Waals surface area contributed by atoms with Gasteiger partial charge in [-0.05, 0) is 63.0 Å². The lowest BCUT2D eigenvalue weighted by Gasteiger charge is -2.32. The van der Waals surface area contributed by atoms with Crippen molar-refractivity contribution in [3.05, 3.63) is 47.9 Å². The fraction of sp³-hybridized carbons (Fsp3) is 0.409. The summed E-state index contributed by atoms with van der Waals surface area (Å²) < 4.78 is 26.5. The van der Waals surface area contributed by atoms with Gasteiger partial charge in [-0.3, -0.25) is 5.32 Å². The third kappa shape index (κ3) is 4.78. The van der Waals surface area contributed by atoms with Crippen molar-refractivity contribution in [2.24, 2.45) is 0 Å². The maximum atomic E-state index is 14.7. The van der Waals surface area contributed by atoms with Crippen LogP contribution in [0.15, 0.2) is 36.5 Å². The zero-order valence-corrected chi connectivity index (χ0v) is 18.7. The molecule has 2 aromatic rings. The molecule has 0 saturated carbocycles. The van der Waals surface area contributed by atoms with Crippen molar-refractivity contribution in [3.63, 3.8) is 0 Å². The first-order valence-corrected chi connectivity index (χ1v) is 10.1. The molecule has 164 valence electrons. The molecular weight excluding hydrogens is 398 g/mol. The minimum atomic E-state index is -0.688. The number of nitrogens with zero attached hydrogens (tertiary/aromatic N) is 1. The molecule has 1 saturated heterocycles. The van der Waals surface area contributed by atoms with Crippen LogP contribution in [0.4, 0.5) is 20.7 Å². The number of urea groups is 1. The Kier molecular flexibility index (Phi) is 5.95. The monoisotopic (exact) mass is 426 g/mol. The van der Waals surface area contributed by atoms with Crippen LogP contribution in [0.3, 0.4) is 0 Å². The summed E-state index contributed by atoms with van der Waals surface area (Å²) in [6.07, 6.45) is 2.87. The lowest BCUT2D eigenvalue weighted by Crippen LogP contribution is -2.41. The van der Waals surface area contributed by atoms with E-state index in [1.54, 1.807) is 24.4 Å². The van der Waals surface area contributed by atoms with E-state index in [9.17, 15) is 9.18 Å². The van der Waals surface area contributed by atoms with Gasteiger partial charge in [-0.25, -0.2) is 14.2 Å². The Hall–Kier alpha value is -2.78. The lowest BCUT2D eigenvalue weighted by atomic mass is 9.79. The van der Waals surface area contributed by atoms with Gasteiger partial charge in [-0.2, -0.15) is 0 Å². The van der Waals surface area contributed by atoms with Crippen LogP contribution in [0, 0.1) is 11.2 Å². The van der Waals surface area contributed by atoms with Gasteiger partial charge >= 0.3 is 13.1 Å². The number of hydrogen-bond acceptors (Lipinski definition) is 5. The van der Waals surface area contributed by atoms with Crippen molar-refractivity contribution in [2.75, 3.05) is 10.6 Å². The number of carbonyl (C=O) groups is 1. The molecule has 3 rings (SSSR count). The molecule has 0 spiro atoms. The molecule has 0 aliphatic carbocycles. The third-order valence-corrected chi connectivity index (χ3v) is 5.87. The Morgan fingerprint density at radius 3 is 2.35 bits per heavy atom. The van der Waals surface area contributed by atoms with Crippen molar-refractivity contribution in [1.29, 1.82) is 5.41 Å². The zero-order valence-electron chi connectivity index (χ0n) is 18.7. The van der Waals surface area contributed by atoms with Crippen LogP contribution in [0.2, 0.25) is 0 Å². The molecule has 2 heterocycles. The number of amides is 2. The van der Waals surface area contributed by atoms with Crippen LogP contribution in [0.5, 0.6) is 0 Å². The average molecular weight is 426 g/mol. The fourth-order valence-corrected chi connectivity index (χ4v) is 3.01. The van der Waals surface area contributed by atoms with Gasteiger partial charge in [0.2, 0.25) is 0 Å². The minimum absolute atomic E-state index is 0.0220. The van der Waals surface area contributed by atoms with Gasteiger partial charge in [0, 0.05) is 17.8 Å². The summed E-state index contributed by atoms with van der Waals surface area (Å²) >= 11 is 0. The summed E-state index contributed by atoms with van der Waals surface area (Å²) in [7, 11) is -0.688. The molecule has 1 aliphatic rings. The second kappa shape index (κ2) is 8.05. The number of carbonyl (C=O) groups excluding carboxylic acids is 1. The standard InChI is InChI=1S/C22H28BFN4O3/c1-20(2,13-25)14-9-10-26-18(11-14)28-19(29)27-17-8-7-15(12-16(17)24)23-30-21(3,4)22(5,6)31-23/h7-13,25H,1-6H3,(H2,26,27,28,29). The fourth-order valence-electron chi connectivity index (χ4n) is 3.01. The highest BCUT2D eigenvalue weighted by Gasteiger charge is 2.51. The van der Waals surface area contributed by atoms with Crippen LogP contribution in [0.25, 0.3) is 0 Å².